The topological polar surface area (TPSA) is 8.17 Å². The van der Waals surface area contributed by atoms with E-state index in [0.717, 1.165) is 17.1 Å². The van der Waals surface area contributed by atoms with Crippen molar-refractivity contribution >= 4 is 49.6 Å². The summed E-state index contributed by atoms with van der Waals surface area (Å²) in [4.78, 5) is 2.38. The smallest absolute Gasteiger partial charge is 0.0541 e. The van der Waals surface area contributed by atoms with Crippen LogP contribution in [0.5, 0.6) is 0 Å². The Kier molecular flexibility index (Phi) is 7.85. The lowest BCUT2D eigenvalue weighted by molar-refractivity contribution is 1.18. The monoisotopic (exact) mass is 688 g/mol. The highest BCUT2D eigenvalue weighted by Gasteiger charge is 2.17. The molecule has 1 aromatic heterocycles. The zero-order chi connectivity index (χ0) is 35.8. The van der Waals surface area contributed by atoms with Crippen molar-refractivity contribution in [3.05, 3.63) is 218 Å². The Morgan fingerprint density at radius 1 is 0.296 bits per heavy atom. The van der Waals surface area contributed by atoms with Crippen LogP contribution in [0, 0.1) is 0 Å². The normalized spacial score (nSPS) is 11.3. The highest BCUT2D eigenvalue weighted by atomic mass is 15.1. The lowest BCUT2D eigenvalue weighted by Crippen LogP contribution is -2.10. The van der Waals surface area contributed by atoms with E-state index >= 15 is 0 Å². The molecule has 10 rings (SSSR count). The van der Waals surface area contributed by atoms with Gasteiger partial charge in [0.1, 0.15) is 0 Å². The number of aromatic nitrogens is 1. The molecular formula is C52H36N2. The predicted molar refractivity (Wildman–Crippen MR) is 229 cm³/mol. The fourth-order valence-electron chi connectivity index (χ4n) is 7.93. The molecule has 0 saturated carbocycles. The second-order valence-corrected chi connectivity index (χ2v) is 13.8. The van der Waals surface area contributed by atoms with Gasteiger partial charge in [-0.1, -0.05) is 158 Å². The highest BCUT2D eigenvalue weighted by molar-refractivity contribution is 6.10. The van der Waals surface area contributed by atoms with Gasteiger partial charge in [-0.05, 0) is 99.4 Å². The van der Waals surface area contributed by atoms with Crippen LogP contribution in [0.25, 0.3) is 71.6 Å². The first-order valence-electron chi connectivity index (χ1n) is 18.5. The fourth-order valence-corrected chi connectivity index (χ4v) is 7.93. The molecule has 0 spiro atoms. The minimum atomic E-state index is 1.11. The Hall–Kier alpha value is -7.16. The summed E-state index contributed by atoms with van der Waals surface area (Å²) in [7, 11) is 0. The van der Waals surface area contributed by atoms with Crippen molar-refractivity contribution in [2.75, 3.05) is 4.90 Å². The van der Waals surface area contributed by atoms with E-state index in [0.29, 0.717) is 0 Å². The van der Waals surface area contributed by atoms with Crippen molar-refractivity contribution in [2.45, 2.75) is 0 Å². The Balaban J connectivity index is 1.03. The summed E-state index contributed by atoms with van der Waals surface area (Å²) in [6.45, 7) is 0. The van der Waals surface area contributed by atoms with Crippen molar-refractivity contribution in [1.82, 2.24) is 4.57 Å². The van der Waals surface area contributed by atoms with Crippen molar-refractivity contribution in [3.8, 4) is 39.1 Å². The third-order valence-corrected chi connectivity index (χ3v) is 10.6. The van der Waals surface area contributed by atoms with Crippen molar-refractivity contribution < 1.29 is 0 Å². The molecule has 0 fully saturated rings. The predicted octanol–water partition coefficient (Wildman–Crippen LogP) is 14.4. The molecule has 0 amide bonds. The quantitative estimate of drug-likeness (QED) is 0.162. The molecule has 0 saturated heterocycles. The van der Waals surface area contributed by atoms with E-state index in [1.54, 1.807) is 0 Å². The van der Waals surface area contributed by atoms with Gasteiger partial charge in [0.15, 0.2) is 0 Å². The molecule has 0 aliphatic heterocycles. The molecule has 9 aromatic carbocycles. The van der Waals surface area contributed by atoms with Crippen molar-refractivity contribution in [3.63, 3.8) is 0 Å². The van der Waals surface area contributed by atoms with Gasteiger partial charge in [0.2, 0.25) is 0 Å². The van der Waals surface area contributed by atoms with E-state index in [9.17, 15) is 0 Å². The van der Waals surface area contributed by atoms with Gasteiger partial charge in [-0.15, -0.1) is 0 Å². The molecular weight excluding hydrogens is 653 g/mol. The molecule has 54 heavy (non-hydrogen) atoms. The van der Waals surface area contributed by atoms with Crippen LogP contribution >= 0.6 is 0 Å². The largest absolute Gasteiger partial charge is 0.310 e. The molecule has 0 radical (unpaired) electrons. The van der Waals surface area contributed by atoms with Crippen LogP contribution in [0.1, 0.15) is 0 Å². The summed E-state index contributed by atoms with van der Waals surface area (Å²) in [5.41, 5.74) is 14.2. The third-order valence-electron chi connectivity index (χ3n) is 10.6. The van der Waals surface area contributed by atoms with E-state index in [1.807, 2.05) is 0 Å². The van der Waals surface area contributed by atoms with Crippen LogP contribution < -0.4 is 4.90 Å². The summed E-state index contributed by atoms with van der Waals surface area (Å²) in [5, 5.41) is 4.94. The molecule has 0 N–H and O–H groups in total. The maximum absolute atomic E-state index is 2.38. The summed E-state index contributed by atoms with van der Waals surface area (Å²) < 4.78 is 2.37. The fraction of sp³-hybridized carbons (Fsp3) is 0. The number of nitrogens with zero attached hydrogens (tertiary/aromatic N) is 2. The maximum atomic E-state index is 2.38. The van der Waals surface area contributed by atoms with E-state index in [2.05, 4.69) is 228 Å². The van der Waals surface area contributed by atoms with Gasteiger partial charge in [0, 0.05) is 33.2 Å². The van der Waals surface area contributed by atoms with E-state index < -0.39 is 0 Å². The molecule has 0 bridgehead atoms. The SMILES string of the molecule is c1ccc(-c2ccc(-c3ccc(N(c4ccc(-c5ccc6c(c5)c5ccccc5n6-c5ccccc5)cc4)c4cccc5ccccc45)cc3)cc2)cc1. The molecule has 1 heterocycles. The Bertz CT molecular complexity index is 2880. The molecule has 254 valence electrons. The van der Waals surface area contributed by atoms with Gasteiger partial charge in [-0.3, -0.25) is 0 Å². The van der Waals surface area contributed by atoms with E-state index in [-0.39, 0.29) is 0 Å². The zero-order valence-electron chi connectivity index (χ0n) is 29.7. The minimum absolute atomic E-state index is 1.11. The standard InChI is InChI=1S/C52H36N2/c1-3-12-37(13-4-1)38-22-24-39(25-23-38)40-26-31-45(32-27-40)53(50-21-11-15-42-14-7-8-18-47(42)50)46-33-28-41(29-34-46)43-30-35-52-49(36-43)48-19-9-10-20-51(48)54(52)44-16-5-2-6-17-44/h1-36H. The van der Waals surface area contributed by atoms with Crippen molar-refractivity contribution in [1.29, 1.82) is 0 Å². The van der Waals surface area contributed by atoms with Gasteiger partial charge in [-0.2, -0.15) is 0 Å². The molecule has 0 aliphatic rings. The van der Waals surface area contributed by atoms with Crippen LogP contribution in [-0.4, -0.2) is 4.57 Å². The number of benzene rings is 9. The summed E-state index contributed by atoms with van der Waals surface area (Å²) in [6, 6.07) is 78.8. The molecule has 0 unspecified atom stereocenters. The molecule has 2 nitrogen and oxygen atoms in total. The number of hydrogen-bond donors (Lipinski definition) is 0. The van der Waals surface area contributed by atoms with E-state index in [4.69, 9.17) is 0 Å². The Morgan fingerprint density at radius 2 is 0.759 bits per heavy atom. The molecule has 10 aromatic rings. The van der Waals surface area contributed by atoms with Crippen LogP contribution in [0.15, 0.2) is 218 Å². The number of rotatable bonds is 7. The number of para-hydroxylation sites is 2. The summed E-state index contributed by atoms with van der Waals surface area (Å²) in [6.07, 6.45) is 0. The van der Waals surface area contributed by atoms with Gasteiger partial charge >= 0.3 is 0 Å². The number of anilines is 3. The highest BCUT2D eigenvalue weighted by Crippen LogP contribution is 2.41. The summed E-state index contributed by atoms with van der Waals surface area (Å²) >= 11 is 0. The Labute approximate surface area is 315 Å². The van der Waals surface area contributed by atoms with Gasteiger partial charge < -0.3 is 9.47 Å². The molecule has 0 aliphatic carbocycles. The van der Waals surface area contributed by atoms with Crippen molar-refractivity contribution in [2.24, 2.45) is 0 Å². The van der Waals surface area contributed by atoms with Gasteiger partial charge in [0.05, 0.1) is 16.7 Å². The first kappa shape index (κ1) is 31.6. The number of hydrogen-bond acceptors (Lipinski definition) is 1. The second-order valence-electron chi connectivity index (χ2n) is 13.8. The maximum Gasteiger partial charge on any atom is 0.0541 e. The average Bonchev–Trinajstić information content (AvgIpc) is 3.59. The first-order chi connectivity index (χ1) is 26.8. The second kappa shape index (κ2) is 13.4. The van der Waals surface area contributed by atoms with Gasteiger partial charge in [0.25, 0.3) is 0 Å². The van der Waals surface area contributed by atoms with E-state index in [1.165, 1.54) is 71.6 Å². The lowest BCUT2D eigenvalue weighted by Gasteiger charge is -2.27. The number of fused-ring (bicyclic) bond motifs is 4. The minimum Gasteiger partial charge on any atom is -0.310 e. The lowest BCUT2D eigenvalue weighted by atomic mass is 9.99. The van der Waals surface area contributed by atoms with Gasteiger partial charge in [-0.25, -0.2) is 0 Å². The van der Waals surface area contributed by atoms with Crippen LogP contribution in [0.4, 0.5) is 17.1 Å². The zero-order valence-corrected chi connectivity index (χ0v) is 29.7. The average molecular weight is 689 g/mol. The van der Waals surface area contributed by atoms with Crippen LogP contribution in [-0.2, 0) is 0 Å². The first-order valence-corrected chi connectivity index (χ1v) is 18.5. The molecule has 0 atom stereocenters. The molecule has 2 heteroatoms. The van der Waals surface area contributed by atoms with Crippen LogP contribution in [0.2, 0.25) is 0 Å². The summed E-state index contributed by atoms with van der Waals surface area (Å²) in [5.74, 6) is 0. The van der Waals surface area contributed by atoms with Crippen LogP contribution in [0.3, 0.4) is 0 Å². The Morgan fingerprint density at radius 3 is 1.43 bits per heavy atom. The third kappa shape index (κ3) is 5.62.